The van der Waals surface area contributed by atoms with E-state index in [9.17, 15) is 0 Å². The molecule has 1 unspecified atom stereocenters. The highest BCUT2D eigenvalue weighted by atomic mass is 15.2. The smallest absolute Gasteiger partial charge is 0.0167 e. The van der Waals surface area contributed by atoms with Crippen molar-refractivity contribution in [3.8, 4) is 0 Å². The van der Waals surface area contributed by atoms with E-state index < -0.39 is 0 Å². The van der Waals surface area contributed by atoms with Crippen molar-refractivity contribution < 1.29 is 0 Å². The molecule has 0 bridgehead atoms. The second-order valence-electron chi connectivity index (χ2n) is 4.13. The fourth-order valence-corrected chi connectivity index (χ4v) is 1.75. The Kier molecular flexibility index (Phi) is 4.02. The van der Waals surface area contributed by atoms with Gasteiger partial charge in [0.1, 0.15) is 0 Å². The highest BCUT2D eigenvalue weighted by molar-refractivity contribution is 4.75. The van der Waals surface area contributed by atoms with Crippen molar-refractivity contribution in [3.05, 3.63) is 0 Å². The van der Waals surface area contributed by atoms with Gasteiger partial charge in [-0.2, -0.15) is 0 Å². The van der Waals surface area contributed by atoms with Crippen molar-refractivity contribution in [2.75, 3.05) is 26.2 Å². The molecule has 1 rings (SSSR count). The number of piperazine rings is 1. The van der Waals surface area contributed by atoms with E-state index >= 15 is 0 Å². The number of nitrogens with zero attached hydrogens (tertiary/aromatic N) is 1. The molecular weight excluding hydrogens is 148 g/mol. The number of hydrogen-bond acceptors (Lipinski definition) is 2. The first-order valence-electron chi connectivity index (χ1n) is 5.18. The average molecular weight is 170 g/mol. The molecule has 2 heteroatoms. The van der Waals surface area contributed by atoms with Gasteiger partial charge in [-0.15, -0.1) is 0 Å². The van der Waals surface area contributed by atoms with E-state index in [1.54, 1.807) is 0 Å². The van der Waals surface area contributed by atoms with Crippen LogP contribution in [0, 0.1) is 5.92 Å². The molecule has 1 saturated heterocycles. The summed E-state index contributed by atoms with van der Waals surface area (Å²) in [5.41, 5.74) is 0. The zero-order valence-corrected chi connectivity index (χ0v) is 8.64. The van der Waals surface area contributed by atoms with Crippen LogP contribution in [-0.2, 0) is 0 Å². The summed E-state index contributed by atoms with van der Waals surface area (Å²) in [7, 11) is 0. The van der Waals surface area contributed by atoms with Gasteiger partial charge in [-0.25, -0.2) is 0 Å². The van der Waals surface area contributed by atoms with Crippen molar-refractivity contribution in [1.82, 2.24) is 10.2 Å². The zero-order chi connectivity index (χ0) is 8.97. The van der Waals surface area contributed by atoms with E-state index in [2.05, 4.69) is 31.0 Å². The van der Waals surface area contributed by atoms with Gasteiger partial charge < -0.3 is 10.2 Å². The lowest BCUT2D eigenvalue weighted by molar-refractivity contribution is 0.182. The molecule has 0 amide bonds. The molecule has 0 aromatic rings. The fourth-order valence-electron chi connectivity index (χ4n) is 1.75. The summed E-state index contributed by atoms with van der Waals surface area (Å²) in [6.45, 7) is 11.8. The standard InChI is InChI=1S/C10H22N2/c1-4-9(2)7-12-6-5-11-10(3)8-12/h9-11H,4-8H2,1-3H3/t9?,10-/m1/s1. The van der Waals surface area contributed by atoms with Gasteiger partial charge in [0.05, 0.1) is 0 Å². The van der Waals surface area contributed by atoms with Gasteiger partial charge in [0.25, 0.3) is 0 Å². The van der Waals surface area contributed by atoms with E-state index in [-0.39, 0.29) is 0 Å². The first kappa shape index (κ1) is 10.0. The van der Waals surface area contributed by atoms with Gasteiger partial charge in [0.15, 0.2) is 0 Å². The lowest BCUT2D eigenvalue weighted by Crippen LogP contribution is -2.50. The Morgan fingerprint density at radius 1 is 1.58 bits per heavy atom. The molecule has 0 saturated carbocycles. The van der Waals surface area contributed by atoms with Gasteiger partial charge in [0.2, 0.25) is 0 Å². The van der Waals surface area contributed by atoms with Crippen LogP contribution in [0.5, 0.6) is 0 Å². The van der Waals surface area contributed by atoms with Crippen LogP contribution in [0.15, 0.2) is 0 Å². The minimum atomic E-state index is 0.683. The summed E-state index contributed by atoms with van der Waals surface area (Å²) < 4.78 is 0. The van der Waals surface area contributed by atoms with E-state index in [1.807, 2.05) is 0 Å². The van der Waals surface area contributed by atoms with Crippen molar-refractivity contribution in [3.63, 3.8) is 0 Å². The quantitative estimate of drug-likeness (QED) is 0.687. The topological polar surface area (TPSA) is 15.3 Å². The molecule has 0 spiro atoms. The molecule has 2 nitrogen and oxygen atoms in total. The first-order valence-corrected chi connectivity index (χ1v) is 5.18. The maximum atomic E-state index is 3.46. The molecule has 0 radical (unpaired) electrons. The summed E-state index contributed by atoms with van der Waals surface area (Å²) >= 11 is 0. The second-order valence-corrected chi connectivity index (χ2v) is 4.13. The SMILES string of the molecule is CCC(C)CN1CCN[C@H](C)C1. The van der Waals surface area contributed by atoms with E-state index in [0.717, 1.165) is 12.5 Å². The van der Waals surface area contributed by atoms with E-state index in [1.165, 1.54) is 26.1 Å². The average Bonchev–Trinajstić information content (AvgIpc) is 2.04. The monoisotopic (exact) mass is 170 g/mol. The largest absolute Gasteiger partial charge is 0.312 e. The van der Waals surface area contributed by atoms with Gasteiger partial charge in [0, 0.05) is 32.2 Å². The van der Waals surface area contributed by atoms with Crippen molar-refractivity contribution >= 4 is 0 Å². The second kappa shape index (κ2) is 4.83. The van der Waals surface area contributed by atoms with Crippen LogP contribution in [0.4, 0.5) is 0 Å². The highest BCUT2D eigenvalue weighted by Crippen LogP contribution is 2.06. The summed E-state index contributed by atoms with van der Waals surface area (Å²) in [6, 6.07) is 0.683. The van der Waals surface area contributed by atoms with Crippen LogP contribution in [0.3, 0.4) is 0 Å². The Bertz CT molecular complexity index is 125. The Balaban J connectivity index is 2.22. The van der Waals surface area contributed by atoms with Crippen LogP contribution in [-0.4, -0.2) is 37.1 Å². The summed E-state index contributed by atoms with van der Waals surface area (Å²) in [5, 5.41) is 3.46. The summed E-state index contributed by atoms with van der Waals surface area (Å²) in [5.74, 6) is 0.857. The van der Waals surface area contributed by atoms with Gasteiger partial charge >= 0.3 is 0 Å². The Morgan fingerprint density at radius 3 is 2.92 bits per heavy atom. The van der Waals surface area contributed by atoms with Gasteiger partial charge in [-0.05, 0) is 12.8 Å². The maximum Gasteiger partial charge on any atom is 0.0167 e. The van der Waals surface area contributed by atoms with Crippen molar-refractivity contribution in [1.29, 1.82) is 0 Å². The Morgan fingerprint density at radius 2 is 2.33 bits per heavy atom. The van der Waals surface area contributed by atoms with Crippen LogP contribution in [0.25, 0.3) is 0 Å². The normalized spacial score (nSPS) is 28.8. The van der Waals surface area contributed by atoms with Crippen LogP contribution >= 0.6 is 0 Å². The molecule has 12 heavy (non-hydrogen) atoms. The van der Waals surface area contributed by atoms with Crippen LogP contribution in [0.2, 0.25) is 0 Å². The first-order chi connectivity index (χ1) is 5.72. The third-order valence-corrected chi connectivity index (χ3v) is 2.72. The summed E-state index contributed by atoms with van der Waals surface area (Å²) in [4.78, 5) is 2.58. The molecule has 72 valence electrons. The molecule has 1 heterocycles. The number of hydrogen-bond donors (Lipinski definition) is 1. The third kappa shape index (κ3) is 3.11. The molecule has 2 atom stereocenters. The molecule has 0 aliphatic carbocycles. The molecule has 1 aliphatic rings. The molecule has 1 aliphatic heterocycles. The molecule has 0 aromatic carbocycles. The number of nitrogens with one attached hydrogen (secondary N) is 1. The molecule has 0 aromatic heterocycles. The Labute approximate surface area is 76.3 Å². The van der Waals surface area contributed by atoms with Crippen molar-refractivity contribution in [2.45, 2.75) is 33.2 Å². The Hall–Kier alpha value is -0.0800. The number of rotatable bonds is 3. The predicted molar refractivity (Wildman–Crippen MR) is 53.4 cm³/mol. The predicted octanol–water partition coefficient (Wildman–Crippen LogP) is 1.33. The lowest BCUT2D eigenvalue weighted by atomic mass is 10.1. The van der Waals surface area contributed by atoms with Crippen LogP contribution < -0.4 is 5.32 Å². The highest BCUT2D eigenvalue weighted by Gasteiger charge is 2.16. The maximum absolute atomic E-state index is 3.46. The molecule has 1 fully saturated rings. The minimum absolute atomic E-state index is 0.683. The summed E-state index contributed by atoms with van der Waals surface area (Å²) in [6.07, 6.45) is 1.30. The van der Waals surface area contributed by atoms with E-state index in [0.29, 0.717) is 6.04 Å². The molecule has 1 N–H and O–H groups in total. The van der Waals surface area contributed by atoms with Crippen molar-refractivity contribution in [2.24, 2.45) is 5.92 Å². The third-order valence-electron chi connectivity index (χ3n) is 2.72. The van der Waals surface area contributed by atoms with Gasteiger partial charge in [-0.3, -0.25) is 0 Å². The van der Waals surface area contributed by atoms with Crippen LogP contribution in [0.1, 0.15) is 27.2 Å². The lowest BCUT2D eigenvalue weighted by Gasteiger charge is -2.33. The van der Waals surface area contributed by atoms with E-state index in [4.69, 9.17) is 0 Å². The molecular formula is C10H22N2. The van der Waals surface area contributed by atoms with Gasteiger partial charge in [-0.1, -0.05) is 20.3 Å². The fraction of sp³-hybridized carbons (Fsp3) is 1.00. The zero-order valence-electron chi connectivity index (χ0n) is 8.64. The minimum Gasteiger partial charge on any atom is -0.312 e.